The molecule has 0 aromatic carbocycles. The first kappa shape index (κ1) is 11.4. The third-order valence-corrected chi connectivity index (χ3v) is 2.83. The fourth-order valence-electron chi connectivity index (χ4n) is 1.26. The molecule has 14 heavy (non-hydrogen) atoms. The van der Waals surface area contributed by atoms with Gasteiger partial charge in [0.15, 0.2) is 0 Å². The van der Waals surface area contributed by atoms with E-state index in [0.717, 1.165) is 19.6 Å². The van der Waals surface area contributed by atoms with Crippen LogP contribution in [-0.2, 0) is 0 Å². The second-order valence-electron chi connectivity index (χ2n) is 2.95. The zero-order valence-electron chi connectivity index (χ0n) is 8.62. The van der Waals surface area contributed by atoms with Crippen molar-refractivity contribution in [3.8, 4) is 0 Å². The lowest BCUT2D eigenvalue weighted by Gasteiger charge is -2.17. The van der Waals surface area contributed by atoms with Crippen molar-refractivity contribution < 1.29 is 0 Å². The number of hydrogen-bond donors (Lipinski definition) is 2. The van der Waals surface area contributed by atoms with Crippen LogP contribution in [0.15, 0.2) is 16.2 Å². The highest BCUT2D eigenvalue weighted by molar-refractivity contribution is 7.04. The van der Waals surface area contributed by atoms with E-state index >= 15 is 0 Å². The number of hydrogen-bond acceptors (Lipinski definition) is 4. The molecule has 5 heteroatoms. The Balaban J connectivity index is 2.67. The molecule has 1 heterocycles. The lowest BCUT2D eigenvalue weighted by atomic mass is 10.4. The van der Waals surface area contributed by atoms with Crippen LogP contribution in [0, 0.1) is 0 Å². The summed E-state index contributed by atoms with van der Waals surface area (Å²) in [6, 6.07) is 1.60. The maximum Gasteiger partial charge on any atom is 0.262 e. The van der Waals surface area contributed by atoms with Crippen LogP contribution in [0.1, 0.15) is 20.0 Å². The Bertz CT molecular complexity index is 307. The summed E-state index contributed by atoms with van der Waals surface area (Å²) in [7, 11) is 0. The number of aromatic nitrogens is 1. The summed E-state index contributed by atoms with van der Waals surface area (Å²) in [6.45, 7) is 6.66. The van der Waals surface area contributed by atoms with Crippen LogP contribution >= 0.6 is 11.5 Å². The van der Waals surface area contributed by atoms with Crippen LogP contribution in [0.4, 0.5) is 0 Å². The molecule has 0 fully saturated rings. The van der Waals surface area contributed by atoms with E-state index < -0.39 is 0 Å². The minimum absolute atomic E-state index is 0.0684. The van der Waals surface area contributed by atoms with Gasteiger partial charge in [-0.3, -0.25) is 10.1 Å². The van der Waals surface area contributed by atoms with E-state index in [9.17, 15) is 4.79 Å². The van der Waals surface area contributed by atoms with Crippen molar-refractivity contribution in [1.29, 1.82) is 0 Å². The van der Waals surface area contributed by atoms with Gasteiger partial charge in [0, 0.05) is 18.0 Å². The molecule has 0 amide bonds. The van der Waals surface area contributed by atoms with Crippen molar-refractivity contribution >= 4 is 11.5 Å². The third kappa shape index (κ3) is 2.94. The minimum atomic E-state index is 0.0684. The number of likely N-dealkylation sites (N-methyl/N-ethyl adjacent to an activating group) is 2. The molecule has 0 saturated heterocycles. The molecule has 1 aromatic heterocycles. The Morgan fingerprint density at radius 3 is 2.79 bits per heavy atom. The molecule has 4 nitrogen and oxygen atoms in total. The van der Waals surface area contributed by atoms with Gasteiger partial charge in [0.05, 0.1) is 0 Å². The summed E-state index contributed by atoms with van der Waals surface area (Å²) in [4.78, 5) is 11.4. The second-order valence-corrected chi connectivity index (χ2v) is 3.83. The van der Waals surface area contributed by atoms with Crippen LogP contribution < -0.4 is 16.2 Å². The molecule has 1 atom stereocenters. The van der Waals surface area contributed by atoms with Crippen LogP contribution in [0.2, 0.25) is 0 Å². The topological polar surface area (TPSA) is 46.1 Å². The monoisotopic (exact) mass is 215 g/mol. The molecule has 1 aromatic rings. The number of nitrogens with zero attached hydrogens (tertiary/aromatic N) is 1. The lowest BCUT2D eigenvalue weighted by molar-refractivity contribution is 0.407. The summed E-state index contributed by atoms with van der Waals surface area (Å²) in [5, 5.41) is 8.32. The Labute approximate surface area is 88.1 Å². The first-order chi connectivity index (χ1) is 6.79. The second kappa shape index (κ2) is 5.95. The van der Waals surface area contributed by atoms with Gasteiger partial charge in [-0.05, 0) is 13.1 Å². The maximum atomic E-state index is 11.4. The van der Waals surface area contributed by atoms with Crippen LogP contribution in [0.3, 0.4) is 0 Å². The predicted molar refractivity (Wildman–Crippen MR) is 59.8 cm³/mol. The zero-order chi connectivity index (χ0) is 10.4. The van der Waals surface area contributed by atoms with E-state index in [1.54, 1.807) is 10.0 Å². The fraction of sp³-hybridized carbons (Fsp3) is 0.667. The van der Waals surface area contributed by atoms with Gasteiger partial charge in [0.2, 0.25) is 0 Å². The molecule has 0 bridgehead atoms. The highest BCUT2D eigenvalue weighted by Gasteiger charge is 2.10. The smallest absolute Gasteiger partial charge is 0.262 e. The average Bonchev–Trinajstić information content (AvgIpc) is 2.59. The van der Waals surface area contributed by atoms with E-state index in [2.05, 4.69) is 17.6 Å². The maximum absolute atomic E-state index is 11.4. The van der Waals surface area contributed by atoms with Gasteiger partial charge < -0.3 is 5.32 Å². The van der Waals surface area contributed by atoms with Crippen molar-refractivity contribution in [3.63, 3.8) is 0 Å². The Morgan fingerprint density at radius 1 is 1.50 bits per heavy atom. The SMILES string of the molecule is CCNCC(NCC)n1sccc1=O. The molecular formula is C9H17N3OS. The van der Waals surface area contributed by atoms with E-state index in [1.807, 2.05) is 12.3 Å². The van der Waals surface area contributed by atoms with Crippen molar-refractivity contribution in [2.24, 2.45) is 0 Å². The highest BCUT2D eigenvalue weighted by Crippen LogP contribution is 2.02. The predicted octanol–water partition coefficient (Wildman–Crippen LogP) is 0.627. The Morgan fingerprint density at radius 2 is 2.29 bits per heavy atom. The first-order valence-corrected chi connectivity index (χ1v) is 5.73. The molecular weight excluding hydrogens is 198 g/mol. The number of rotatable bonds is 6. The normalized spacial score (nSPS) is 13.0. The standard InChI is InChI=1S/C9H17N3OS/c1-3-10-7-8(11-4-2)12-9(13)5-6-14-12/h5-6,8,10-11H,3-4,7H2,1-2H3. The quantitative estimate of drug-likeness (QED) is 0.731. The molecule has 0 spiro atoms. The van der Waals surface area contributed by atoms with Gasteiger partial charge in [-0.25, -0.2) is 3.96 Å². The van der Waals surface area contributed by atoms with Gasteiger partial charge in [0.1, 0.15) is 6.17 Å². The Kier molecular flexibility index (Phi) is 4.86. The summed E-state index contributed by atoms with van der Waals surface area (Å²) < 4.78 is 1.76. The van der Waals surface area contributed by atoms with Gasteiger partial charge in [0.25, 0.3) is 5.56 Å². The molecule has 0 aliphatic carbocycles. The molecule has 80 valence electrons. The first-order valence-electron chi connectivity index (χ1n) is 4.90. The van der Waals surface area contributed by atoms with E-state index in [-0.39, 0.29) is 11.7 Å². The van der Waals surface area contributed by atoms with Crippen molar-refractivity contribution in [2.75, 3.05) is 19.6 Å². The summed E-state index contributed by atoms with van der Waals surface area (Å²) in [5.74, 6) is 0. The van der Waals surface area contributed by atoms with Crippen LogP contribution in [0.5, 0.6) is 0 Å². The highest BCUT2D eigenvalue weighted by atomic mass is 32.1. The molecule has 0 aliphatic heterocycles. The molecule has 1 rings (SSSR count). The largest absolute Gasteiger partial charge is 0.314 e. The van der Waals surface area contributed by atoms with Crippen molar-refractivity contribution in [1.82, 2.24) is 14.6 Å². The van der Waals surface area contributed by atoms with Gasteiger partial charge in [-0.1, -0.05) is 25.4 Å². The van der Waals surface area contributed by atoms with Gasteiger partial charge in [-0.2, -0.15) is 0 Å². The molecule has 2 N–H and O–H groups in total. The average molecular weight is 215 g/mol. The minimum Gasteiger partial charge on any atom is -0.314 e. The van der Waals surface area contributed by atoms with Crippen LogP contribution in [0.25, 0.3) is 0 Å². The molecule has 0 aliphatic rings. The molecule has 0 radical (unpaired) electrons. The van der Waals surface area contributed by atoms with Crippen molar-refractivity contribution in [2.45, 2.75) is 20.0 Å². The van der Waals surface area contributed by atoms with Crippen molar-refractivity contribution in [3.05, 3.63) is 21.8 Å². The molecule has 0 saturated carbocycles. The third-order valence-electron chi connectivity index (χ3n) is 1.91. The van der Waals surface area contributed by atoms with E-state index in [4.69, 9.17) is 0 Å². The summed E-state index contributed by atoms with van der Waals surface area (Å²) in [6.07, 6.45) is 0.0763. The van der Waals surface area contributed by atoms with E-state index in [1.165, 1.54) is 11.5 Å². The van der Waals surface area contributed by atoms with Crippen LogP contribution in [-0.4, -0.2) is 23.6 Å². The molecule has 1 unspecified atom stereocenters. The van der Waals surface area contributed by atoms with Gasteiger partial charge in [-0.15, -0.1) is 0 Å². The zero-order valence-corrected chi connectivity index (χ0v) is 9.43. The fourth-order valence-corrected chi connectivity index (χ4v) is 2.03. The Hall–Kier alpha value is -0.650. The summed E-state index contributed by atoms with van der Waals surface area (Å²) >= 11 is 1.45. The number of nitrogens with one attached hydrogen (secondary N) is 2. The van der Waals surface area contributed by atoms with E-state index in [0.29, 0.717) is 0 Å². The lowest BCUT2D eigenvalue weighted by Crippen LogP contribution is -2.38. The van der Waals surface area contributed by atoms with Gasteiger partial charge >= 0.3 is 0 Å². The summed E-state index contributed by atoms with van der Waals surface area (Å²) in [5.41, 5.74) is 0.0684.